The van der Waals surface area contributed by atoms with Crippen molar-refractivity contribution in [2.24, 2.45) is 0 Å². The van der Waals surface area contributed by atoms with Crippen molar-refractivity contribution in [3.05, 3.63) is 33.4 Å². The predicted molar refractivity (Wildman–Crippen MR) is 164 cm³/mol. The van der Waals surface area contributed by atoms with E-state index in [4.69, 9.17) is 88.6 Å². The van der Waals surface area contributed by atoms with Crippen LogP contribution in [0.1, 0.15) is 61.1 Å². The van der Waals surface area contributed by atoms with Gasteiger partial charge in [0.25, 0.3) is 0 Å². The van der Waals surface area contributed by atoms with Crippen LogP contribution in [0, 0.1) is 13.8 Å². The average molecular weight is 670 g/mol. The maximum absolute atomic E-state index is 6.39. The Labute approximate surface area is 239 Å². The SMILES string of the molecule is Cc1c(CC(C)[SiH](Cl)Cl)c(CC(C)[SiH](Cl)Cl)c(C)c(CC(C)[SiH](Cl)Cl)c1CC(C)[SiH](Cl)Cl. The zero-order chi connectivity index (χ0) is 24.9. The van der Waals surface area contributed by atoms with Crippen LogP contribution in [0.15, 0.2) is 0 Å². The van der Waals surface area contributed by atoms with Crippen LogP contribution < -0.4 is 0 Å². The number of rotatable bonds is 12. The van der Waals surface area contributed by atoms with Gasteiger partial charge in [-0.05, 0) is 95.1 Å². The summed E-state index contributed by atoms with van der Waals surface area (Å²) in [5.41, 5.74) is 8.99. The molecule has 4 atom stereocenters. The maximum Gasteiger partial charge on any atom is 0.240 e. The minimum absolute atomic E-state index is 0.256. The highest BCUT2D eigenvalue weighted by atomic mass is 35.7. The lowest BCUT2D eigenvalue weighted by Gasteiger charge is -2.29. The summed E-state index contributed by atoms with van der Waals surface area (Å²) >= 11 is 51.2. The number of benzene rings is 1. The fourth-order valence-corrected chi connectivity index (χ4v) is 7.81. The van der Waals surface area contributed by atoms with Gasteiger partial charge in [0, 0.05) is 0 Å². The first-order chi connectivity index (χ1) is 14.7. The molecule has 0 aliphatic carbocycles. The summed E-state index contributed by atoms with van der Waals surface area (Å²) in [6.07, 6.45) is 3.43. The molecule has 0 N–H and O–H groups in total. The molecule has 1 rings (SSSR count). The van der Waals surface area contributed by atoms with Crippen LogP contribution in [-0.4, -0.2) is 29.7 Å². The normalized spacial score (nSPS) is 16.3. The van der Waals surface area contributed by atoms with E-state index in [1.165, 1.54) is 33.4 Å². The molecular weight excluding hydrogens is 636 g/mol. The van der Waals surface area contributed by atoms with Crippen molar-refractivity contribution in [2.75, 3.05) is 0 Å². The Balaban J connectivity index is 3.78. The van der Waals surface area contributed by atoms with Gasteiger partial charge in [-0.25, -0.2) is 0 Å². The number of hydrogen-bond donors (Lipinski definition) is 0. The van der Waals surface area contributed by atoms with Crippen LogP contribution in [-0.2, 0) is 25.7 Å². The van der Waals surface area contributed by atoms with E-state index in [2.05, 4.69) is 41.5 Å². The summed E-state index contributed by atoms with van der Waals surface area (Å²) in [6, 6.07) is 0. The highest BCUT2D eigenvalue weighted by molar-refractivity contribution is 7.35. The second-order valence-electron chi connectivity index (χ2n) is 9.23. The fourth-order valence-electron chi connectivity index (χ4n) is 4.02. The Kier molecular flexibility index (Phi) is 15.2. The maximum atomic E-state index is 6.39. The minimum Gasteiger partial charge on any atom is -0.150 e. The van der Waals surface area contributed by atoms with Crippen LogP contribution in [0.2, 0.25) is 22.2 Å². The lowest BCUT2D eigenvalue weighted by atomic mass is 9.81. The molecule has 0 saturated carbocycles. The summed E-state index contributed by atoms with van der Waals surface area (Å²) in [5, 5.41) is 0. The van der Waals surface area contributed by atoms with E-state index in [9.17, 15) is 0 Å². The van der Waals surface area contributed by atoms with E-state index in [0.29, 0.717) is 0 Å². The Morgan fingerprint density at radius 2 is 0.594 bits per heavy atom. The first kappa shape index (κ1) is 32.4. The Morgan fingerprint density at radius 3 is 0.719 bits per heavy atom. The predicted octanol–water partition coefficient (Wildman–Crippen LogP) is 8.83. The molecule has 4 unspecified atom stereocenters. The van der Waals surface area contributed by atoms with Crippen molar-refractivity contribution in [1.29, 1.82) is 0 Å². The fraction of sp³-hybridized carbons (Fsp3) is 0.700. The molecule has 1 aromatic rings. The van der Waals surface area contributed by atoms with Crippen LogP contribution in [0.3, 0.4) is 0 Å². The summed E-state index contributed by atoms with van der Waals surface area (Å²) in [7, 11) is -7.28. The first-order valence-electron chi connectivity index (χ1n) is 10.9. The van der Waals surface area contributed by atoms with Crippen molar-refractivity contribution >= 4 is 118 Å². The Hall–Kier alpha value is 2.41. The molecule has 12 heteroatoms. The summed E-state index contributed by atoms with van der Waals surface area (Å²) in [4.78, 5) is 0. The molecule has 0 spiro atoms. The molecule has 0 aromatic heterocycles. The highest BCUT2D eigenvalue weighted by Crippen LogP contribution is 2.39. The molecule has 1 aromatic carbocycles. The van der Waals surface area contributed by atoms with Gasteiger partial charge in [-0.3, -0.25) is 0 Å². The molecule has 0 heterocycles. The van der Waals surface area contributed by atoms with Crippen molar-refractivity contribution in [1.82, 2.24) is 0 Å². The number of halogens is 8. The molecule has 0 radical (unpaired) electrons. The summed E-state index contributed by atoms with van der Waals surface area (Å²) in [6.45, 7) is 13.0. The topological polar surface area (TPSA) is 0 Å². The van der Waals surface area contributed by atoms with Crippen LogP contribution in [0.25, 0.3) is 0 Å². The van der Waals surface area contributed by atoms with Gasteiger partial charge in [-0.1, -0.05) is 27.7 Å². The van der Waals surface area contributed by atoms with Crippen LogP contribution >= 0.6 is 88.6 Å². The van der Waals surface area contributed by atoms with Gasteiger partial charge in [0.2, 0.25) is 29.7 Å². The zero-order valence-corrected chi connectivity index (χ0v) is 30.1. The van der Waals surface area contributed by atoms with E-state index in [0.717, 1.165) is 25.7 Å². The molecule has 0 aliphatic heterocycles. The van der Waals surface area contributed by atoms with Crippen molar-refractivity contribution in [3.63, 3.8) is 0 Å². The average Bonchev–Trinajstić information content (AvgIpc) is 2.69. The Morgan fingerprint density at radius 1 is 0.438 bits per heavy atom. The second kappa shape index (κ2) is 15.0. The molecule has 0 nitrogen and oxygen atoms in total. The van der Waals surface area contributed by atoms with Gasteiger partial charge in [0.15, 0.2) is 0 Å². The van der Waals surface area contributed by atoms with Gasteiger partial charge in [-0.15, -0.1) is 0 Å². The largest absolute Gasteiger partial charge is 0.240 e. The standard InChI is InChI=1S/C20H34Cl8Si4/c1-11(29(21)22)7-17-15(5)19(9-13(3)31(25)26)20(10-14(4)32(27)28)16(6)18(17)8-12(2)30(23)24/h11-14,29-32H,7-10H2,1-6H3. The molecule has 32 heavy (non-hydrogen) atoms. The van der Waals surface area contributed by atoms with E-state index >= 15 is 0 Å². The smallest absolute Gasteiger partial charge is 0.150 e. The molecule has 0 fully saturated rings. The van der Waals surface area contributed by atoms with Gasteiger partial charge in [0.05, 0.1) is 0 Å². The summed E-state index contributed by atoms with van der Waals surface area (Å²) in [5.74, 6) is 0. The van der Waals surface area contributed by atoms with Crippen molar-refractivity contribution < 1.29 is 0 Å². The third-order valence-electron chi connectivity index (χ3n) is 6.36. The monoisotopic (exact) mass is 666 g/mol. The van der Waals surface area contributed by atoms with E-state index in [-0.39, 0.29) is 22.2 Å². The Bertz CT molecular complexity index is 627. The lowest BCUT2D eigenvalue weighted by Crippen LogP contribution is -2.20. The van der Waals surface area contributed by atoms with Gasteiger partial charge in [-0.2, -0.15) is 88.6 Å². The highest BCUT2D eigenvalue weighted by Gasteiger charge is 2.28. The molecule has 0 bridgehead atoms. The van der Waals surface area contributed by atoms with E-state index in [1.54, 1.807) is 0 Å². The molecule has 186 valence electrons. The van der Waals surface area contributed by atoms with Gasteiger partial charge < -0.3 is 0 Å². The van der Waals surface area contributed by atoms with Crippen LogP contribution in [0.5, 0.6) is 0 Å². The molecule has 0 aliphatic rings. The van der Waals surface area contributed by atoms with Crippen LogP contribution in [0.4, 0.5) is 0 Å². The molecule has 0 amide bonds. The van der Waals surface area contributed by atoms with Crippen molar-refractivity contribution in [2.45, 2.75) is 89.4 Å². The zero-order valence-electron chi connectivity index (χ0n) is 19.5. The molecule has 0 saturated heterocycles. The summed E-state index contributed by atoms with van der Waals surface area (Å²) < 4.78 is 0. The quantitative estimate of drug-likeness (QED) is 0.154. The first-order valence-corrected chi connectivity index (χ1v) is 27.6. The van der Waals surface area contributed by atoms with Gasteiger partial charge in [0.1, 0.15) is 0 Å². The minimum atomic E-state index is -1.82. The second-order valence-corrected chi connectivity index (χ2v) is 30.4. The van der Waals surface area contributed by atoms with E-state index < -0.39 is 29.7 Å². The lowest BCUT2D eigenvalue weighted by molar-refractivity contribution is 0.793. The molecular formula is C20H34Cl8Si4. The van der Waals surface area contributed by atoms with E-state index in [1.807, 2.05) is 0 Å². The van der Waals surface area contributed by atoms with Crippen molar-refractivity contribution in [3.8, 4) is 0 Å². The van der Waals surface area contributed by atoms with Gasteiger partial charge >= 0.3 is 0 Å². The number of hydrogen-bond acceptors (Lipinski definition) is 0. The third-order valence-corrected chi connectivity index (χ3v) is 21.1. The third kappa shape index (κ3) is 9.37.